The number of allylic oxidation sites excluding steroid dienone is 1. The second-order valence-electron chi connectivity index (χ2n) is 7.10. The zero-order valence-electron chi connectivity index (χ0n) is 14.1. The van der Waals surface area contributed by atoms with Crippen LogP contribution in [0.5, 0.6) is 0 Å². The molecular formula is C19H27NO2. The predicted octanol–water partition coefficient (Wildman–Crippen LogP) is 3.64. The van der Waals surface area contributed by atoms with E-state index in [-0.39, 0.29) is 18.1 Å². The quantitative estimate of drug-likeness (QED) is 0.684. The Morgan fingerprint density at radius 1 is 1.27 bits per heavy atom. The highest BCUT2D eigenvalue weighted by Gasteiger charge is 2.28. The Balaban J connectivity index is 2.05. The molecule has 3 heteroatoms. The molecular weight excluding hydrogens is 274 g/mol. The van der Waals surface area contributed by atoms with Gasteiger partial charge in [0.1, 0.15) is 11.6 Å². The van der Waals surface area contributed by atoms with Gasteiger partial charge in [-0.05, 0) is 52.5 Å². The maximum Gasteiger partial charge on any atom is 0.323 e. The molecule has 0 spiro atoms. The molecule has 1 aromatic carbocycles. The first kappa shape index (κ1) is 16.8. The number of carbonyl (C=O) groups is 1. The fraction of sp³-hybridized carbons (Fsp3) is 0.526. The van der Waals surface area contributed by atoms with E-state index in [9.17, 15) is 4.79 Å². The maximum absolute atomic E-state index is 12.4. The van der Waals surface area contributed by atoms with Gasteiger partial charge in [-0.1, -0.05) is 42.0 Å². The summed E-state index contributed by atoms with van der Waals surface area (Å²) < 4.78 is 5.54. The van der Waals surface area contributed by atoms with Gasteiger partial charge in [-0.15, -0.1) is 0 Å². The largest absolute Gasteiger partial charge is 0.459 e. The van der Waals surface area contributed by atoms with Crippen LogP contribution < -0.4 is 5.32 Å². The van der Waals surface area contributed by atoms with Crippen LogP contribution in [0.4, 0.5) is 0 Å². The molecule has 1 aliphatic heterocycles. The molecule has 0 saturated carbocycles. The van der Waals surface area contributed by atoms with Gasteiger partial charge in [0.25, 0.3) is 0 Å². The van der Waals surface area contributed by atoms with Crippen molar-refractivity contribution in [1.29, 1.82) is 0 Å². The lowest BCUT2D eigenvalue weighted by Crippen LogP contribution is -2.45. The molecule has 1 N–H and O–H groups in total. The molecule has 0 aliphatic carbocycles. The zero-order valence-corrected chi connectivity index (χ0v) is 14.1. The zero-order chi connectivity index (χ0) is 16.2. The molecule has 2 rings (SSSR count). The van der Waals surface area contributed by atoms with Crippen molar-refractivity contribution in [2.75, 3.05) is 0 Å². The molecule has 1 aliphatic rings. The van der Waals surface area contributed by atoms with E-state index in [0.717, 1.165) is 19.3 Å². The summed E-state index contributed by atoms with van der Waals surface area (Å²) in [6, 6.07) is 10.3. The Hall–Kier alpha value is -1.61. The van der Waals surface area contributed by atoms with Gasteiger partial charge >= 0.3 is 5.97 Å². The summed E-state index contributed by atoms with van der Waals surface area (Å²) in [4.78, 5) is 12.4. The predicted molar refractivity (Wildman–Crippen MR) is 89.7 cm³/mol. The topological polar surface area (TPSA) is 38.3 Å². The third-order valence-corrected chi connectivity index (χ3v) is 3.72. The lowest BCUT2D eigenvalue weighted by Gasteiger charge is -2.26. The van der Waals surface area contributed by atoms with Gasteiger partial charge in [0.15, 0.2) is 0 Å². The monoisotopic (exact) mass is 301 g/mol. The van der Waals surface area contributed by atoms with Crippen LogP contribution in [-0.4, -0.2) is 23.7 Å². The Labute approximate surface area is 133 Å². The second-order valence-corrected chi connectivity index (χ2v) is 7.10. The third-order valence-electron chi connectivity index (χ3n) is 3.72. The van der Waals surface area contributed by atoms with E-state index in [1.807, 2.05) is 39.0 Å². The van der Waals surface area contributed by atoms with Crippen LogP contribution in [-0.2, 0) is 16.0 Å². The van der Waals surface area contributed by atoms with Crippen molar-refractivity contribution >= 4 is 5.97 Å². The molecule has 0 amide bonds. The van der Waals surface area contributed by atoms with Gasteiger partial charge in [-0.3, -0.25) is 10.1 Å². The van der Waals surface area contributed by atoms with Gasteiger partial charge in [0.2, 0.25) is 0 Å². The van der Waals surface area contributed by atoms with Crippen molar-refractivity contribution in [1.82, 2.24) is 5.32 Å². The van der Waals surface area contributed by atoms with Crippen LogP contribution >= 0.6 is 0 Å². The Morgan fingerprint density at radius 2 is 1.95 bits per heavy atom. The number of carbonyl (C=O) groups excluding carboxylic acids is 1. The van der Waals surface area contributed by atoms with Gasteiger partial charge in [0.05, 0.1) is 0 Å². The first-order valence-corrected chi connectivity index (χ1v) is 8.03. The highest BCUT2D eigenvalue weighted by Crippen LogP contribution is 2.19. The molecule has 120 valence electrons. The van der Waals surface area contributed by atoms with Crippen molar-refractivity contribution in [2.24, 2.45) is 0 Å². The average molecular weight is 301 g/mol. The van der Waals surface area contributed by atoms with E-state index in [1.165, 1.54) is 11.1 Å². The molecule has 0 saturated heterocycles. The lowest BCUT2D eigenvalue weighted by molar-refractivity contribution is -0.157. The molecule has 1 aromatic rings. The number of esters is 1. The van der Waals surface area contributed by atoms with Gasteiger partial charge in [0, 0.05) is 6.04 Å². The van der Waals surface area contributed by atoms with Crippen LogP contribution in [0.25, 0.3) is 0 Å². The molecule has 0 radical (unpaired) electrons. The molecule has 2 unspecified atom stereocenters. The van der Waals surface area contributed by atoms with Crippen LogP contribution in [0.15, 0.2) is 42.0 Å². The minimum Gasteiger partial charge on any atom is -0.459 e. The summed E-state index contributed by atoms with van der Waals surface area (Å²) in [6.07, 6.45) is 4.86. The molecule has 22 heavy (non-hydrogen) atoms. The normalized spacial score (nSPS) is 22.6. The van der Waals surface area contributed by atoms with Crippen LogP contribution in [0, 0.1) is 0 Å². The van der Waals surface area contributed by atoms with E-state index in [2.05, 4.69) is 30.4 Å². The highest BCUT2D eigenvalue weighted by molar-refractivity contribution is 5.76. The van der Waals surface area contributed by atoms with Crippen molar-refractivity contribution in [3.8, 4) is 0 Å². The lowest BCUT2D eigenvalue weighted by atomic mass is 10.0. The van der Waals surface area contributed by atoms with Gasteiger partial charge in [-0.2, -0.15) is 0 Å². The summed E-state index contributed by atoms with van der Waals surface area (Å²) in [6.45, 7) is 7.86. The Morgan fingerprint density at radius 3 is 2.59 bits per heavy atom. The smallest absolute Gasteiger partial charge is 0.323 e. The summed E-state index contributed by atoms with van der Waals surface area (Å²) >= 11 is 0. The highest BCUT2D eigenvalue weighted by atomic mass is 16.6. The third kappa shape index (κ3) is 5.30. The molecule has 2 atom stereocenters. The second kappa shape index (κ2) is 7.10. The number of nitrogens with one attached hydrogen (secondary N) is 1. The molecule has 0 fully saturated rings. The summed E-state index contributed by atoms with van der Waals surface area (Å²) in [5, 5.41) is 3.47. The number of ether oxygens (including phenoxy) is 1. The van der Waals surface area contributed by atoms with Crippen LogP contribution in [0.2, 0.25) is 0 Å². The molecule has 0 bridgehead atoms. The molecule has 0 aromatic heterocycles. The van der Waals surface area contributed by atoms with Crippen molar-refractivity contribution in [3.63, 3.8) is 0 Å². The number of hydrogen-bond acceptors (Lipinski definition) is 3. The van der Waals surface area contributed by atoms with E-state index >= 15 is 0 Å². The summed E-state index contributed by atoms with van der Waals surface area (Å²) in [5.41, 5.74) is 2.16. The number of benzene rings is 1. The Kier molecular flexibility index (Phi) is 5.41. The number of hydrogen-bond donors (Lipinski definition) is 1. The fourth-order valence-corrected chi connectivity index (χ4v) is 2.73. The van der Waals surface area contributed by atoms with Crippen LogP contribution in [0.1, 0.15) is 46.1 Å². The minimum atomic E-state index is -0.442. The summed E-state index contributed by atoms with van der Waals surface area (Å²) in [7, 11) is 0. The summed E-state index contributed by atoms with van der Waals surface area (Å²) in [5.74, 6) is -0.145. The first-order valence-electron chi connectivity index (χ1n) is 8.03. The van der Waals surface area contributed by atoms with E-state index in [1.54, 1.807) is 0 Å². The molecule has 1 heterocycles. The van der Waals surface area contributed by atoms with Crippen molar-refractivity contribution in [2.45, 2.75) is 64.6 Å². The number of rotatable bonds is 3. The van der Waals surface area contributed by atoms with Crippen molar-refractivity contribution in [3.05, 3.63) is 47.5 Å². The fourth-order valence-electron chi connectivity index (χ4n) is 2.73. The standard InChI is InChI=1S/C19H27NO2/c1-14-10-11-17(18(21)22-19(2,3)4)20-16(12-14)13-15-8-6-5-7-9-15/h5-9,12,16-17,20H,10-11,13H2,1-4H3. The van der Waals surface area contributed by atoms with Gasteiger partial charge in [-0.25, -0.2) is 0 Å². The minimum absolute atomic E-state index is 0.145. The van der Waals surface area contributed by atoms with Crippen LogP contribution in [0.3, 0.4) is 0 Å². The van der Waals surface area contributed by atoms with E-state index in [4.69, 9.17) is 4.74 Å². The SMILES string of the molecule is CC1=CC(Cc2ccccc2)NC(C(=O)OC(C)(C)C)CC1. The van der Waals surface area contributed by atoms with E-state index in [0.29, 0.717) is 0 Å². The van der Waals surface area contributed by atoms with Crippen molar-refractivity contribution < 1.29 is 9.53 Å². The van der Waals surface area contributed by atoms with E-state index < -0.39 is 5.60 Å². The first-order chi connectivity index (χ1) is 10.3. The van der Waals surface area contributed by atoms with Gasteiger partial charge < -0.3 is 4.74 Å². The molecule has 3 nitrogen and oxygen atoms in total. The maximum atomic E-state index is 12.4. The average Bonchev–Trinajstić information content (AvgIpc) is 2.60. The Bertz CT molecular complexity index is 528.